The number of nitrogens with one attached hydrogen (secondary N) is 3. The van der Waals surface area contributed by atoms with Crippen LogP contribution in [0.5, 0.6) is 5.75 Å². The molecule has 0 bridgehead atoms. The predicted molar refractivity (Wildman–Crippen MR) is 211 cm³/mol. The number of aromatic amines is 1. The maximum Gasteiger partial charge on any atom is 0.223 e. The van der Waals surface area contributed by atoms with E-state index in [1.807, 2.05) is 24.3 Å². The van der Waals surface area contributed by atoms with Gasteiger partial charge in [-0.3, -0.25) is 9.59 Å². The number of hydrogen-bond donors (Lipinski definition) is 4. The Morgan fingerprint density at radius 1 is 0.789 bits per heavy atom. The number of nitrogen functional groups attached to an aromatic ring is 1. The number of amides is 2. The van der Waals surface area contributed by atoms with Crippen LogP contribution in [0.25, 0.3) is 27.8 Å². The first-order valence-corrected chi connectivity index (χ1v) is 19.7. The van der Waals surface area contributed by atoms with Gasteiger partial charge in [0.25, 0.3) is 0 Å². The van der Waals surface area contributed by atoms with Crippen molar-refractivity contribution < 1.29 is 47.5 Å². The highest BCUT2D eigenvalue weighted by molar-refractivity contribution is 5.93. The first-order valence-electron chi connectivity index (χ1n) is 19.7. The van der Waals surface area contributed by atoms with Gasteiger partial charge in [0.05, 0.1) is 111 Å². The number of methoxy groups -OCH3 is 1. The van der Waals surface area contributed by atoms with Gasteiger partial charge < -0.3 is 59.2 Å². The van der Waals surface area contributed by atoms with E-state index in [4.69, 9.17) is 48.6 Å². The van der Waals surface area contributed by atoms with Crippen LogP contribution in [0.15, 0.2) is 30.6 Å². The molecule has 1 saturated carbocycles. The fourth-order valence-electron chi connectivity index (χ4n) is 6.58. The van der Waals surface area contributed by atoms with Gasteiger partial charge in [0.15, 0.2) is 5.82 Å². The smallest absolute Gasteiger partial charge is 0.223 e. The van der Waals surface area contributed by atoms with Crippen LogP contribution in [0.3, 0.4) is 0 Å². The number of carbonyl (C=O) groups excluding carboxylic acids is 2. The third-order valence-electron chi connectivity index (χ3n) is 9.44. The minimum atomic E-state index is -0.0680. The number of fused-ring (bicyclic) bond motifs is 2. The minimum Gasteiger partial charge on any atom is -0.495 e. The zero-order valence-corrected chi connectivity index (χ0v) is 33.1. The molecule has 0 atom stereocenters. The van der Waals surface area contributed by atoms with Gasteiger partial charge in [-0.25, -0.2) is 14.5 Å². The molecule has 0 spiro atoms. The Morgan fingerprint density at radius 3 is 1.88 bits per heavy atom. The predicted octanol–water partition coefficient (Wildman–Crippen LogP) is 2.51. The van der Waals surface area contributed by atoms with Gasteiger partial charge in [-0.2, -0.15) is 5.10 Å². The molecule has 1 fully saturated rings. The third kappa shape index (κ3) is 13.9. The van der Waals surface area contributed by atoms with Crippen molar-refractivity contribution in [3.63, 3.8) is 0 Å². The number of hydrogen-bond acceptors (Lipinski definition) is 14. The van der Waals surface area contributed by atoms with Crippen LogP contribution in [-0.2, 0) is 42.7 Å². The topological polar surface area (TPSA) is 217 Å². The van der Waals surface area contributed by atoms with E-state index >= 15 is 0 Å². The van der Waals surface area contributed by atoms with E-state index in [-0.39, 0.29) is 23.7 Å². The van der Waals surface area contributed by atoms with Gasteiger partial charge >= 0.3 is 0 Å². The molecule has 2 amide bonds. The molecule has 18 nitrogen and oxygen atoms in total. The van der Waals surface area contributed by atoms with Crippen molar-refractivity contribution in [1.29, 1.82) is 0 Å². The van der Waals surface area contributed by atoms with Gasteiger partial charge in [-0.15, -0.1) is 0 Å². The maximum atomic E-state index is 13.0. The number of aromatic nitrogens is 5. The van der Waals surface area contributed by atoms with E-state index in [9.17, 15) is 9.59 Å². The number of H-pyrrole nitrogens is 1. The van der Waals surface area contributed by atoms with Gasteiger partial charge in [0.1, 0.15) is 29.1 Å². The van der Waals surface area contributed by atoms with Crippen molar-refractivity contribution in [3.05, 3.63) is 36.4 Å². The van der Waals surface area contributed by atoms with Crippen LogP contribution in [-0.4, -0.2) is 149 Å². The molecule has 0 radical (unpaired) electrons. The molecule has 18 heteroatoms. The molecule has 1 aliphatic carbocycles. The number of imidazole rings is 1. The molecular weight excluding hydrogens is 740 g/mol. The highest BCUT2D eigenvalue weighted by Crippen LogP contribution is 2.39. The van der Waals surface area contributed by atoms with Crippen molar-refractivity contribution in [1.82, 2.24) is 35.2 Å². The second-order valence-corrected chi connectivity index (χ2v) is 13.4. The van der Waals surface area contributed by atoms with Crippen LogP contribution in [0.2, 0.25) is 0 Å². The first kappa shape index (κ1) is 43.7. The minimum absolute atomic E-state index is 0.0506. The van der Waals surface area contributed by atoms with Crippen LogP contribution >= 0.6 is 0 Å². The van der Waals surface area contributed by atoms with Gasteiger partial charge in [0.2, 0.25) is 11.8 Å². The quantitative estimate of drug-likeness (QED) is 0.0608. The highest BCUT2D eigenvalue weighted by atomic mass is 16.6. The van der Waals surface area contributed by atoms with Gasteiger partial charge in [0, 0.05) is 37.2 Å². The van der Waals surface area contributed by atoms with E-state index in [0.29, 0.717) is 123 Å². The van der Waals surface area contributed by atoms with Crippen molar-refractivity contribution >= 4 is 34.1 Å². The number of para-hydroxylation sites is 1. The average molecular weight is 799 g/mol. The lowest BCUT2D eigenvalue weighted by Gasteiger charge is -2.26. The molecule has 0 saturated heterocycles. The molecule has 5 rings (SSSR count). The molecule has 0 aliphatic heterocycles. The molecule has 5 N–H and O–H groups in total. The van der Waals surface area contributed by atoms with Gasteiger partial charge in [-0.1, -0.05) is 12.1 Å². The summed E-state index contributed by atoms with van der Waals surface area (Å²) in [6, 6.07) is 7.91. The lowest BCUT2D eigenvalue weighted by atomic mass is 9.81. The summed E-state index contributed by atoms with van der Waals surface area (Å²) in [5.74, 6) is 1.97. The number of nitrogens with two attached hydrogens (primary N) is 1. The molecule has 4 aromatic rings. The maximum absolute atomic E-state index is 13.0. The van der Waals surface area contributed by atoms with Crippen LogP contribution < -0.4 is 21.1 Å². The Morgan fingerprint density at radius 2 is 1.33 bits per heavy atom. The second kappa shape index (κ2) is 24.4. The first-order chi connectivity index (χ1) is 28.0. The molecule has 3 aromatic heterocycles. The van der Waals surface area contributed by atoms with E-state index in [2.05, 4.69) is 25.7 Å². The Balaban J connectivity index is 0.850. The largest absolute Gasteiger partial charge is 0.495 e. The average Bonchev–Trinajstić information content (AvgIpc) is 3.84. The summed E-state index contributed by atoms with van der Waals surface area (Å²) < 4.78 is 45.8. The van der Waals surface area contributed by atoms with Crippen molar-refractivity contribution in [3.8, 4) is 17.1 Å². The van der Waals surface area contributed by atoms with Crippen molar-refractivity contribution in [2.24, 2.45) is 5.92 Å². The Kier molecular flexibility index (Phi) is 18.7. The van der Waals surface area contributed by atoms with E-state index < -0.39 is 0 Å². The zero-order valence-electron chi connectivity index (χ0n) is 33.1. The van der Waals surface area contributed by atoms with Gasteiger partial charge in [-0.05, 0) is 37.8 Å². The molecule has 1 aliphatic rings. The number of nitrogens with zero attached hydrogens (tertiary/aromatic N) is 4. The normalized spacial score (nSPS) is 15.7. The lowest BCUT2D eigenvalue weighted by molar-refractivity contribution is -0.126. The second-order valence-electron chi connectivity index (χ2n) is 13.4. The number of rotatable bonds is 28. The summed E-state index contributed by atoms with van der Waals surface area (Å²) in [5, 5.41) is 11.2. The third-order valence-corrected chi connectivity index (χ3v) is 9.44. The molecule has 1 aromatic carbocycles. The van der Waals surface area contributed by atoms with Crippen LogP contribution in [0.1, 0.15) is 44.3 Å². The summed E-state index contributed by atoms with van der Waals surface area (Å²) in [4.78, 5) is 36.5. The number of carbonyl (C=O) groups is 2. The Bertz CT molecular complexity index is 1800. The van der Waals surface area contributed by atoms with E-state index in [1.54, 1.807) is 11.6 Å². The molecule has 314 valence electrons. The summed E-state index contributed by atoms with van der Waals surface area (Å²) in [6.07, 6.45) is 4.56. The summed E-state index contributed by atoms with van der Waals surface area (Å²) in [7, 11) is 1.65. The van der Waals surface area contributed by atoms with E-state index in [1.165, 1.54) is 13.3 Å². The lowest BCUT2D eigenvalue weighted by Crippen LogP contribution is -2.35. The number of benzene rings is 1. The SMILES string of the molecule is COc1cccc2cc(-c3nc([C@H]4CC[C@H](C(=O)NCCOCCOCCOCCOCCOCCOCCOCCNC(C)=O)CC4)n4ncnc(N)c34)[nH]c12. The van der Waals surface area contributed by atoms with Crippen LogP contribution in [0.4, 0.5) is 5.82 Å². The Labute approximate surface area is 332 Å². The molecule has 3 heterocycles. The highest BCUT2D eigenvalue weighted by Gasteiger charge is 2.31. The fourth-order valence-corrected chi connectivity index (χ4v) is 6.58. The number of anilines is 1. The van der Waals surface area contributed by atoms with Crippen LogP contribution in [0, 0.1) is 5.92 Å². The molecule has 0 unspecified atom stereocenters. The standard InChI is InChI=1S/C39H58N8O10/c1-28(48)41-10-12-51-14-16-53-18-20-55-22-24-57-25-23-56-21-19-54-17-15-52-13-11-42-39(49)30-8-6-29(7-9-30)38-46-35(36-37(40)43-27-44-47(36)38)32-26-31-4-3-5-33(50-2)34(31)45-32/h3-5,26-27,29-30,45H,6-25H2,1-2H3,(H,41,48)(H,42,49)(H2,40,43,44)/t29-,30-. The zero-order chi connectivity index (χ0) is 40.1. The number of ether oxygens (including phenoxy) is 8. The van der Waals surface area contributed by atoms with E-state index in [0.717, 1.165) is 53.9 Å². The Hall–Kier alpha value is -4.43. The molecule has 57 heavy (non-hydrogen) atoms. The molecular formula is C39H58N8O10. The summed E-state index contributed by atoms with van der Waals surface area (Å²) >= 11 is 0. The fraction of sp³-hybridized carbons (Fsp3) is 0.615. The summed E-state index contributed by atoms with van der Waals surface area (Å²) in [6.45, 7) is 8.91. The summed E-state index contributed by atoms with van der Waals surface area (Å²) in [5.41, 5.74) is 9.41. The van der Waals surface area contributed by atoms with Crippen molar-refractivity contribution in [2.75, 3.05) is 118 Å². The monoisotopic (exact) mass is 798 g/mol. The van der Waals surface area contributed by atoms with Crippen molar-refractivity contribution in [2.45, 2.75) is 38.5 Å².